The van der Waals surface area contributed by atoms with Crippen LogP contribution in [-0.2, 0) is 17.8 Å². The summed E-state index contributed by atoms with van der Waals surface area (Å²) in [6.07, 6.45) is 10.2. The van der Waals surface area contributed by atoms with Gasteiger partial charge in [0, 0.05) is 57.4 Å². The van der Waals surface area contributed by atoms with E-state index in [1.807, 2.05) is 48.0 Å². The van der Waals surface area contributed by atoms with Crippen molar-refractivity contribution < 1.29 is 19.4 Å². The van der Waals surface area contributed by atoms with Crippen molar-refractivity contribution in [3.63, 3.8) is 0 Å². The van der Waals surface area contributed by atoms with Crippen LogP contribution in [0, 0.1) is 11.8 Å². The Labute approximate surface area is 253 Å². The van der Waals surface area contributed by atoms with E-state index in [0.717, 1.165) is 53.4 Å². The number of nitrogens with zero attached hydrogens (tertiary/aromatic N) is 5. The first-order valence-electron chi connectivity index (χ1n) is 15.3. The average molecular weight is 586 g/mol. The van der Waals surface area contributed by atoms with Gasteiger partial charge in [-0.25, -0.2) is 9.78 Å². The quantitative estimate of drug-likeness (QED) is 0.251. The second kappa shape index (κ2) is 13.9. The number of benzene rings is 2. The van der Waals surface area contributed by atoms with Gasteiger partial charge in [0.25, 0.3) is 5.91 Å². The van der Waals surface area contributed by atoms with Crippen LogP contribution in [-0.4, -0.2) is 80.9 Å². The molecule has 1 fully saturated rings. The lowest BCUT2D eigenvalue weighted by Crippen LogP contribution is -2.39. The fraction of sp³-hybridized carbons (Fsp3) is 0.441. The summed E-state index contributed by atoms with van der Waals surface area (Å²) in [7, 11) is 1.72. The van der Waals surface area contributed by atoms with E-state index in [4.69, 9.17) is 4.74 Å². The Bertz CT molecular complexity index is 1530. The predicted molar refractivity (Wildman–Crippen MR) is 168 cm³/mol. The van der Waals surface area contributed by atoms with Crippen LogP contribution < -0.4 is 0 Å². The molecular weight excluding hydrogens is 542 g/mol. The minimum absolute atomic E-state index is 0.0933. The number of aromatic nitrogens is 3. The number of piperidine rings is 1. The molecule has 0 spiro atoms. The first kappa shape index (κ1) is 30.4. The fourth-order valence-corrected chi connectivity index (χ4v) is 5.78. The summed E-state index contributed by atoms with van der Waals surface area (Å²) in [5.41, 5.74) is 3.52. The fourth-order valence-electron chi connectivity index (χ4n) is 5.78. The molecule has 0 bridgehead atoms. The maximum Gasteiger partial charge on any atom is 0.409 e. The van der Waals surface area contributed by atoms with Crippen molar-refractivity contribution in [2.75, 3.05) is 39.9 Å². The second-order valence-electron chi connectivity index (χ2n) is 12.0. The summed E-state index contributed by atoms with van der Waals surface area (Å²) in [6.45, 7) is 7.69. The Hall–Kier alpha value is -4.11. The van der Waals surface area contributed by atoms with Crippen molar-refractivity contribution in [1.82, 2.24) is 23.9 Å². The zero-order valence-electron chi connectivity index (χ0n) is 25.5. The molecule has 0 atom stereocenters. The molecule has 9 nitrogen and oxygen atoms in total. The molecule has 2 aromatic heterocycles. The maximum absolute atomic E-state index is 13.5. The smallest absolute Gasteiger partial charge is 0.409 e. The number of carbonyl (C=O) groups is 2. The van der Waals surface area contributed by atoms with Gasteiger partial charge in [-0.1, -0.05) is 56.3 Å². The van der Waals surface area contributed by atoms with Crippen molar-refractivity contribution in [3.8, 4) is 11.1 Å². The molecular formula is C34H43N5O4. The van der Waals surface area contributed by atoms with Crippen LogP contribution in [0.5, 0.6) is 0 Å². The number of carbonyl (C=O) groups excluding carboxylic acids is 2. The summed E-state index contributed by atoms with van der Waals surface area (Å²) in [6, 6.07) is 14.3. The predicted octanol–water partition coefficient (Wildman–Crippen LogP) is 5.51. The van der Waals surface area contributed by atoms with Gasteiger partial charge in [0.1, 0.15) is 0 Å². The van der Waals surface area contributed by atoms with Gasteiger partial charge in [0.15, 0.2) is 0 Å². The molecule has 0 unspecified atom stereocenters. The molecule has 0 aliphatic carbocycles. The number of hydrogen-bond acceptors (Lipinski definition) is 5. The number of aliphatic hydroxyl groups is 1. The Morgan fingerprint density at radius 2 is 1.84 bits per heavy atom. The number of hydrogen-bond donors (Lipinski definition) is 1. The highest BCUT2D eigenvalue weighted by molar-refractivity contribution is 6.05. The standard InChI is InChI=1S/C34H43N5O4/c1-25(2)13-18-43-34(42)38-14-11-26(12-15-38)20-39-24-35-19-28(39)21-37-22-31(32(23-37)33(41)36(3)16-17-40)30-10-6-8-27-7-4-5-9-29(27)30/h4-10,19,22-26,40H,11-18,20-21H2,1-3H3. The third-order valence-corrected chi connectivity index (χ3v) is 8.36. The van der Waals surface area contributed by atoms with E-state index in [0.29, 0.717) is 43.6 Å². The summed E-state index contributed by atoms with van der Waals surface area (Å²) < 4.78 is 9.71. The Morgan fingerprint density at radius 3 is 2.60 bits per heavy atom. The highest BCUT2D eigenvalue weighted by Crippen LogP contribution is 2.33. The molecule has 228 valence electrons. The number of rotatable bonds is 11. The average Bonchev–Trinajstić information content (AvgIpc) is 3.63. The van der Waals surface area contributed by atoms with Gasteiger partial charge in [-0.15, -0.1) is 0 Å². The number of ether oxygens (including phenoxy) is 1. The van der Waals surface area contributed by atoms with Crippen molar-refractivity contribution >= 4 is 22.8 Å². The van der Waals surface area contributed by atoms with Gasteiger partial charge in [-0.05, 0) is 47.4 Å². The third kappa shape index (κ3) is 7.28. The largest absolute Gasteiger partial charge is 0.449 e. The van der Waals surface area contributed by atoms with Crippen molar-refractivity contribution in [2.45, 2.75) is 46.2 Å². The molecule has 1 aliphatic rings. The minimum atomic E-state index is -0.202. The number of imidazole rings is 1. The molecule has 0 saturated carbocycles. The number of likely N-dealkylation sites (tertiary alicyclic amines) is 1. The van der Waals surface area contributed by atoms with Crippen molar-refractivity contribution in [1.29, 1.82) is 0 Å². The molecule has 5 rings (SSSR count). The third-order valence-electron chi connectivity index (χ3n) is 8.36. The summed E-state index contributed by atoms with van der Waals surface area (Å²) in [5.74, 6) is 0.825. The van der Waals surface area contributed by atoms with E-state index < -0.39 is 0 Å². The number of fused-ring (bicyclic) bond motifs is 1. The molecule has 4 aromatic rings. The molecule has 1 saturated heterocycles. The second-order valence-corrected chi connectivity index (χ2v) is 12.0. The summed E-state index contributed by atoms with van der Waals surface area (Å²) >= 11 is 0. The minimum Gasteiger partial charge on any atom is -0.449 e. The van der Waals surface area contributed by atoms with Crippen LogP contribution in [0.2, 0.25) is 0 Å². The molecule has 1 aliphatic heterocycles. The zero-order valence-corrected chi connectivity index (χ0v) is 25.5. The Morgan fingerprint density at radius 1 is 1.07 bits per heavy atom. The molecule has 9 heteroatoms. The SMILES string of the molecule is CC(C)CCOC(=O)N1CCC(Cn2cncc2Cn2cc(C(=O)N(C)CCO)c(-c3cccc4ccccc34)c2)CC1. The van der Waals surface area contributed by atoms with Crippen LogP contribution in [0.3, 0.4) is 0 Å². The molecule has 1 N–H and O–H groups in total. The van der Waals surface area contributed by atoms with Gasteiger partial charge in [-0.2, -0.15) is 0 Å². The Balaban J connectivity index is 1.31. The molecule has 0 radical (unpaired) electrons. The van der Waals surface area contributed by atoms with Gasteiger partial charge in [-0.3, -0.25) is 4.79 Å². The summed E-state index contributed by atoms with van der Waals surface area (Å²) in [5, 5.41) is 11.7. The number of amides is 2. The monoisotopic (exact) mass is 585 g/mol. The van der Waals surface area contributed by atoms with Gasteiger partial charge < -0.3 is 28.8 Å². The lowest BCUT2D eigenvalue weighted by molar-refractivity contribution is 0.0767. The van der Waals surface area contributed by atoms with Gasteiger partial charge in [0.05, 0.1) is 37.3 Å². The maximum atomic E-state index is 13.5. The highest BCUT2D eigenvalue weighted by atomic mass is 16.6. The van der Waals surface area contributed by atoms with Crippen LogP contribution >= 0.6 is 0 Å². The van der Waals surface area contributed by atoms with Crippen LogP contribution in [0.25, 0.3) is 21.9 Å². The number of likely N-dealkylation sites (N-methyl/N-ethyl adjacent to an activating group) is 1. The van der Waals surface area contributed by atoms with E-state index in [-0.39, 0.29) is 25.2 Å². The summed E-state index contributed by atoms with van der Waals surface area (Å²) in [4.78, 5) is 33.8. The van der Waals surface area contributed by atoms with E-state index in [9.17, 15) is 14.7 Å². The molecule has 2 amide bonds. The van der Waals surface area contributed by atoms with Crippen molar-refractivity contribution in [3.05, 3.63) is 78.6 Å². The highest BCUT2D eigenvalue weighted by Gasteiger charge is 2.25. The zero-order chi connectivity index (χ0) is 30.3. The Kier molecular flexibility index (Phi) is 9.82. The van der Waals surface area contributed by atoms with E-state index >= 15 is 0 Å². The normalized spacial score (nSPS) is 14.0. The molecule has 2 aromatic carbocycles. The molecule has 43 heavy (non-hydrogen) atoms. The van der Waals surface area contributed by atoms with E-state index in [2.05, 4.69) is 52.2 Å². The van der Waals surface area contributed by atoms with Crippen LogP contribution in [0.1, 0.15) is 49.2 Å². The van der Waals surface area contributed by atoms with Crippen LogP contribution in [0.4, 0.5) is 4.79 Å². The van der Waals surface area contributed by atoms with Crippen molar-refractivity contribution in [2.24, 2.45) is 11.8 Å². The van der Waals surface area contributed by atoms with Crippen LogP contribution in [0.15, 0.2) is 67.4 Å². The van der Waals surface area contributed by atoms with E-state index in [1.54, 1.807) is 11.9 Å². The molecule has 3 heterocycles. The van der Waals surface area contributed by atoms with E-state index in [1.165, 1.54) is 0 Å². The van der Waals surface area contributed by atoms with Gasteiger partial charge >= 0.3 is 6.09 Å². The lowest BCUT2D eigenvalue weighted by Gasteiger charge is -2.31. The van der Waals surface area contributed by atoms with Gasteiger partial charge in [0.2, 0.25) is 0 Å². The first-order chi connectivity index (χ1) is 20.8. The first-order valence-corrected chi connectivity index (χ1v) is 15.3. The lowest BCUT2D eigenvalue weighted by atomic mass is 9.97. The number of aliphatic hydroxyl groups excluding tert-OH is 1. The topological polar surface area (TPSA) is 92.8 Å².